The van der Waals surface area contributed by atoms with E-state index in [1.807, 2.05) is 19.1 Å². The average molecular weight is 481 g/mol. The van der Waals surface area contributed by atoms with Crippen LogP contribution >= 0.6 is 0 Å². The minimum Gasteiger partial charge on any atom is -0.497 e. The molecule has 0 bridgehead atoms. The second-order valence-electron chi connectivity index (χ2n) is 7.65. The number of methoxy groups -OCH3 is 1. The topological polar surface area (TPSA) is 94.5 Å². The van der Waals surface area contributed by atoms with Crippen LogP contribution in [0.5, 0.6) is 5.75 Å². The minimum atomic E-state index is -4.27. The molecule has 0 atom stereocenters. The highest BCUT2D eigenvalue weighted by molar-refractivity contribution is 7.91. The summed E-state index contributed by atoms with van der Waals surface area (Å²) in [5.74, 6) is -0.680. The summed E-state index contributed by atoms with van der Waals surface area (Å²) in [4.78, 5) is 25.2. The van der Waals surface area contributed by atoms with Crippen LogP contribution in [0.25, 0.3) is 10.9 Å². The minimum absolute atomic E-state index is 0.128. The highest BCUT2D eigenvalue weighted by Gasteiger charge is 2.24. The van der Waals surface area contributed by atoms with Gasteiger partial charge in [-0.05, 0) is 61.0 Å². The van der Waals surface area contributed by atoms with E-state index < -0.39 is 31.9 Å². The van der Waals surface area contributed by atoms with Gasteiger partial charge >= 0.3 is 0 Å². The molecule has 0 aliphatic rings. The summed E-state index contributed by atoms with van der Waals surface area (Å²) in [7, 11) is -2.82. The Balaban J connectivity index is 1.82. The van der Waals surface area contributed by atoms with E-state index in [2.05, 4.69) is 5.32 Å². The molecule has 34 heavy (non-hydrogen) atoms. The highest BCUT2D eigenvalue weighted by atomic mass is 32.2. The molecule has 0 radical (unpaired) electrons. The maximum absolute atomic E-state index is 14.0. The Kier molecular flexibility index (Phi) is 6.21. The largest absolute Gasteiger partial charge is 0.497 e. The highest BCUT2D eigenvalue weighted by Crippen LogP contribution is 2.24. The molecular weight excluding hydrogens is 459 g/mol. The van der Waals surface area contributed by atoms with Crippen molar-refractivity contribution in [1.82, 2.24) is 4.57 Å². The number of benzene rings is 3. The predicted molar refractivity (Wildman–Crippen MR) is 126 cm³/mol. The molecule has 9 heteroatoms. The standard InChI is InChI=1S/C25H21FN2O5S/c1-16-5-3-4-6-21(16)27-24(29)15-28-14-23(25(30)20-13-17(26)7-12-22(20)28)34(31,32)19-10-8-18(33-2)9-11-19/h3-14H,15H2,1-2H3,(H,27,29). The molecule has 1 amide bonds. The van der Waals surface area contributed by atoms with Crippen molar-refractivity contribution in [2.24, 2.45) is 0 Å². The number of para-hydroxylation sites is 1. The summed E-state index contributed by atoms with van der Waals surface area (Å²) < 4.78 is 47.0. The molecule has 0 saturated carbocycles. The third-order valence-corrected chi connectivity index (χ3v) is 7.16. The third kappa shape index (κ3) is 4.42. The van der Waals surface area contributed by atoms with E-state index in [0.717, 1.165) is 23.9 Å². The van der Waals surface area contributed by atoms with E-state index in [4.69, 9.17) is 4.74 Å². The fourth-order valence-electron chi connectivity index (χ4n) is 3.60. The van der Waals surface area contributed by atoms with Crippen molar-refractivity contribution in [3.63, 3.8) is 0 Å². The van der Waals surface area contributed by atoms with Crippen molar-refractivity contribution in [3.8, 4) is 5.75 Å². The van der Waals surface area contributed by atoms with Crippen LogP contribution in [0, 0.1) is 12.7 Å². The first-order valence-corrected chi connectivity index (χ1v) is 11.8. The van der Waals surface area contributed by atoms with E-state index in [1.165, 1.54) is 42.0 Å². The van der Waals surface area contributed by atoms with Gasteiger partial charge < -0.3 is 14.6 Å². The first kappa shape index (κ1) is 23.2. The predicted octanol–water partition coefficient (Wildman–Crippen LogP) is 3.93. The number of anilines is 1. The maximum Gasteiger partial charge on any atom is 0.244 e. The van der Waals surface area contributed by atoms with Crippen molar-refractivity contribution >= 4 is 32.3 Å². The molecule has 0 spiro atoms. The van der Waals surface area contributed by atoms with Crippen LogP contribution in [-0.2, 0) is 21.2 Å². The van der Waals surface area contributed by atoms with Gasteiger partial charge in [0, 0.05) is 17.3 Å². The van der Waals surface area contributed by atoms with E-state index in [-0.39, 0.29) is 22.3 Å². The molecule has 4 rings (SSSR count). The Morgan fingerprint density at radius 3 is 2.44 bits per heavy atom. The number of sulfone groups is 1. The molecule has 0 aliphatic carbocycles. The fraction of sp³-hybridized carbons (Fsp3) is 0.120. The van der Waals surface area contributed by atoms with Crippen LogP contribution in [0.4, 0.5) is 10.1 Å². The van der Waals surface area contributed by atoms with Crippen molar-refractivity contribution in [3.05, 3.63) is 94.5 Å². The summed E-state index contributed by atoms with van der Waals surface area (Å²) in [5, 5.41) is 2.64. The number of pyridine rings is 1. The Morgan fingerprint density at radius 2 is 1.76 bits per heavy atom. The normalized spacial score (nSPS) is 11.4. The van der Waals surface area contributed by atoms with Gasteiger partial charge in [-0.1, -0.05) is 18.2 Å². The van der Waals surface area contributed by atoms with Gasteiger partial charge in [0.1, 0.15) is 23.0 Å². The second-order valence-corrected chi connectivity index (χ2v) is 9.57. The number of halogens is 1. The molecule has 0 aliphatic heterocycles. The first-order chi connectivity index (χ1) is 16.2. The van der Waals surface area contributed by atoms with Gasteiger partial charge in [-0.3, -0.25) is 9.59 Å². The van der Waals surface area contributed by atoms with Gasteiger partial charge in [0.25, 0.3) is 0 Å². The summed E-state index contributed by atoms with van der Waals surface area (Å²) in [6.45, 7) is 1.55. The van der Waals surface area contributed by atoms with Crippen LogP contribution < -0.4 is 15.5 Å². The smallest absolute Gasteiger partial charge is 0.244 e. The SMILES string of the molecule is COc1ccc(S(=O)(=O)c2cn(CC(=O)Nc3ccccc3C)c3ccc(F)cc3c2=O)cc1. The molecule has 1 aromatic heterocycles. The van der Waals surface area contributed by atoms with E-state index >= 15 is 0 Å². The Labute approximate surface area is 195 Å². The number of nitrogens with one attached hydrogen (secondary N) is 1. The zero-order valence-electron chi connectivity index (χ0n) is 18.4. The zero-order valence-corrected chi connectivity index (χ0v) is 19.2. The number of rotatable bonds is 6. The average Bonchev–Trinajstić information content (AvgIpc) is 2.82. The van der Waals surface area contributed by atoms with E-state index in [1.54, 1.807) is 12.1 Å². The van der Waals surface area contributed by atoms with Crippen LogP contribution in [0.2, 0.25) is 0 Å². The quantitative estimate of drug-likeness (QED) is 0.451. The molecule has 4 aromatic rings. The van der Waals surface area contributed by atoms with Crippen molar-refractivity contribution in [1.29, 1.82) is 0 Å². The number of aryl methyl sites for hydroxylation is 1. The molecule has 0 fully saturated rings. The number of carbonyl (C=O) groups is 1. The van der Waals surface area contributed by atoms with Gasteiger partial charge in [-0.2, -0.15) is 0 Å². The van der Waals surface area contributed by atoms with Crippen molar-refractivity contribution in [2.75, 3.05) is 12.4 Å². The number of carbonyl (C=O) groups excluding carboxylic acids is 1. The van der Waals surface area contributed by atoms with E-state index in [0.29, 0.717) is 11.4 Å². The third-order valence-electron chi connectivity index (χ3n) is 5.40. The van der Waals surface area contributed by atoms with Crippen LogP contribution in [0.3, 0.4) is 0 Å². The van der Waals surface area contributed by atoms with Gasteiger partial charge in [-0.15, -0.1) is 0 Å². The Morgan fingerprint density at radius 1 is 1.06 bits per heavy atom. The number of fused-ring (bicyclic) bond motifs is 1. The maximum atomic E-state index is 14.0. The van der Waals surface area contributed by atoms with Crippen LogP contribution in [0.1, 0.15) is 5.56 Å². The molecule has 0 unspecified atom stereocenters. The van der Waals surface area contributed by atoms with E-state index in [9.17, 15) is 22.4 Å². The fourth-order valence-corrected chi connectivity index (χ4v) is 4.97. The molecule has 3 aromatic carbocycles. The lowest BCUT2D eigenvalue weighted by Crippen LogP contribution is -2.24. The number of amides is 1. The molecule has 0 saturated heterocycles. The number of ether oxygens (including phenoxy) is 1. The molecule has 1 heterocycles. The first-order valence-electron chi connectivity index (χ1n) is 10.3. The lowest BCUT2D eigenvalue weighted by molar-refractivity contribution is -0.116. The Hall–Kier alpha value is -3.98. The van der Waals surface area contributed by atoms with Crippen molar-refractivity contribution in [2.45, 2.75) is 23.3 Å². The van der Waals surface area contributed by atoms with Gasteiger partial charge in [0.05, 0.1) is 17.5 Å². The van der Waals surface area contributed by atoms with Gasteiger partial charge in [0.2, 0.25) is 21.2 Å². The summed E-state index contributed by atoms with van der Waals surface area (Å²) >= 11 is 0. The van der Waals surface area contributed by atoms with Gasteiger partial charge in [-0.25, -0.2) is 12.8 Å². The number of hydrogen-bond acceptors (Lipinski definition) is 5. The number of hydrogen-bond donors (Lipinski definition) is 1. The molecule has 7 nitrogen and oxygen atoms in total. The van der Waals surface area contributed by atoms with Crippen LogP contribution in [-0.4, -0.2) is 26.0 Å². The second kappa shape index (κ2) is 9.11. The zero-order chi connectivity index (χ0) is 24.5. The number of nitrogens with zero attached hydrogens (tertiary/aromatic N) is 1. The summed E-state index contributed by atoms with van der Waals surface area (Å²) in [6, 6.07) is 16.2. The summed E-state index contributed by atoms with van der Waals surface area (Å²) in [6.07, 6.45) is 1.12. The lowest BCUT2D eigenvalue weighted by Gasteiger charge is -2.15. The summed E-state index contributed by atoms with van der Waals surface area (Å²) in [5.41, 5.74) is 0.848. The van der Waals surface area contributed by atoms with Crippen LogP contribution in [0.15, 0.2) is 87.5 Å². The molecular formula is C25H21FN2O5S. The number of aromatic nitrogens is 1. The molecule has 174 valence electrons. The molecule has 1 N–H and O–H groups in total. The Bertz CT molecular complexity index is 1560. The van der Waals surface area contributed by atoms with Crippen molar-refractivity contribution < 1.29 is 22.3 Å². The lowest BCUT2D eigenvalue weighted by atomic mass is 10.2. The van der Waals surface area contributed by atoms with Gasteiger partial charge in [0.15, 0.2) is 0 Å². The monoisotopic (exact) mass is 480 g/mol.